The van der Waals surface area contributed by atoms with Gasteiger partial charge in [-0.15, -0.1) is 11.3 Å². The van der Waals surface area contributed by atoms with Crippen molar-refractivity contribution in [1.82, 2.24) is 10.2 Å². The summed E-state index contributed by atoms with van der Waals surface area (Å²) < 4.78 is 4.96. The van der Waals surface area contributed by atoms with Gasteiger partial charge in [-0.05, 0) is 17.9 Å². The fourth-order valence-electron chi connectivity index (χ4n) is 2.27. The third-order valence-corrected chi connectivity index (χ3v) is 4.34. The molecule has 0 saturated carbocycles. The lowest BCUT2D eigenvalue weighted by Gasteiger charge is -2.15. The number of thiophene rings is 1. The molecule has 5 nitrogen and oxygen atoms in total. The highest BCUT2D eigenvalue weighted by Gasteiger charge is 2.33. The maximum absolute atomic E-state index is 12.0. The van der Waals surface area contributed by atoms with Crippen LogP contribution in [0, 0.1) is 5.92 Å². The Morgan fingerprint density at radius 1 is 1.60 bits per heavy atom. The van der Waals surface area contributed by atoms with Gasteiger partial charge in [-0.1, -0.05) is 6.07 Å². The number of carbonyl (C=O) groups is 2. The Morgan fingerprint density at radius 2 is 2.45 bits per heavy atom. The molecule has 1 saturated heterocycles. The van der Waals surface area contributed by atoms with Crippen LogP contribution in [0.15, 0.2) is 17.5 Å². The minimum absolute atomic E-state index is 0.0187. The second-order valence-corrected chi connectivity index (χ2v) is 5.89. The highest BCUT2D eigenvalue weighted by atomic mass is 32.1. The molecule has 20 heavy (non-hydrogen) atoms. The van der Waals surface area contributed by atoms with E-state index < -0.39 is 0 Å². The number of methoxy groups -OCH3 is 1. The average molecular weight is 296 g/mol. The van der Waals surface area contributed by atoms with Gasteiger partial charge in [-0.2, -0.15) is 0 Å². The average Bonchev–Trinajstić information content (AvgIpc) is 3.06. The molecule has 1 N–H and O–H groups in total. The summed E-state index contributed by atoms with van der Waals surface area (Å²) in [7, 11) is 1.61. The smallest absolute Gasteiger partial charge is 0.225 e. The van der Waals surface area contributed by atoms with Gasteiger partial charge in [-0.3, -0.25) is 9.59 Å². The molecule has 1 aliphatic heterocycles. The molecular formula is C14H20N2O3S. The van der Waals surface area contributed by atoms with Crippen LogP contribution in [-0.4, -0.2) is 50.1 Å². The van der Waals surface area contributed by atoms with E-state index in [1.54, 1.807) is 23.3 Å². The standard InChI is InChI=1S/C14H20N2O3S/c1-19-7-6-16-10-11(9-13(16)17)14(18)15-5-4-12-3-2-8-20-12/h2-3,8,11H,4-7,9-10H2,1H3,(H,15,18)/t11-/m0/s1. The van der Waals surface area contributed by atoms with E-state index >= 15 is 0 Å². The van der Waals surface area contributed by atoms with Crippen LogP contribution in [0.4, 0.5) is 0 Å². The molecule has 110 valence electrons. The number of nitrogens with zero attached hydrogens (tertiary/aromatic N) is 1. The minimum atomic E-state index is -0.220. The highest BCUT2D eigenvalue weighted by Crippen LogP contribution is 2.17. The summed E-state index contributed by atoms with van der Waals surface area (Å²) in [6, 6.07) is 4.06. The summed E-state index contributed by atoms with van der Waals surface area (Å²) in [5, 5.41) is 4.95. The molecule has 0 aliphatic carbocycles. The SMILES string of the molecule is COCCN1C[C@@H](C(=O)NCCc2cccs2)CC1=O. The van der Waals surface area contributed by atoms with Gasteiger partial charge in [0.1, 0.15) is 0 Å². The first kappa shape index (κ1) is 15.0. The van der Waals surface area contributed by atoms with E-state index in [-0.39, 0.29) is 17.7 Å². The van der Waals surface area contributed by atoms with Crippen LogP contribution in [0.25, 0.3) is 0 Å². The lowest BCUT2D eigenvalue weighted by Crippen LogP contribution is -2.34. The Kier molecular flexibility index (Phi) is 5.55. The summed E-state index contributed by atoms with van der Waals surface area (Å²) in [5.41, 5.74) is 0. The number of carbonyl (C=O) groups excluding carboxylic acids is 2. The van der Waals surface area contributed by atoms with Crippen molar-refractivity contribution in [2.24, 2.45) is 5.92 Å². The molecule has 0 spiro atoms. The van der Waals surface area contributed by atoms with Crippen LogP contribution in [0.1, 0.15) is 11.3 Å². The Balaban J connectivity index is 1.71. The third-order valence-electron chi connectivity index (χ3n) is 3.40. The fraction of sp³-hybridized carbons (Fsp3) is 0.571. The van der Waals surface area contributed by atoms with Gasteiger partial charge in [-0.25, -0.2) is 0 Å². The Bertz CT molecular complexity index is 447. The topological polar surface area (TPSA) is 58.6 Å². The zero-order valence-corrected chi connectivity index (χ0v) is 12.4. The Hall–Kier alpha value is -1.40. The first-order valence-electron chi connectivity index (χ1n) is 6.77. The van der Waals surface area contributed by atoms with Gasteiger partial charge in [0.15, 0.2) is 0 Å². The van der Waals surface area contributed by atoms with Crippen molar-refractivity contribution in [2.75, 3.05) is 33.4 Å². The molecular weight excluding hydrogens is 276 g/mol. The molecule has 0 unspecified atom stereocenters. The van der Waals surface area contributed by atoms with Crippen LogP contribution < -0.4 is 5.32 Å². The molecule has 1 aromatic rings. The maximum atomic E-state index is 12.0. The van der Waals surface area contributed by atoms with E-state index in [0.29, 0.717) is 32.7 Å². The summed E-state index contributed by atoms with van der Waals surface area (Å²) >= 11 is 1.69. The second-order valence-electron chi connectivity index (χ2n) is 4.85. The number of hydrogen-bond acceptors (Lipinski definition) is 4. The summed E-state index contributed by atoms with van der Waals surface area (Å²) in [6.45, 7) is 2.21. The zero-order chi connectivity index (χ0) is 14.4. The van der Waals surface area contributed by atoms with Crippen molar-refractivity contribution in [1.29, 1.82) is 0 Å². The second kappa shape index (κ2) is 7.40. The van der Waals surface area contributed by atoms with Crippen molar-refractivity contribution in [2.45, 2.75) is 12.8 Å². The molecule has 1 fully saturated rings. The van der Waals surface area contributed by atoms with Gasteiger partial charge in [0.2, 0.25) is 11.8 Å². The van der Waals surface area contributed by atoms with Crippen molar-refractivity contribution in [3.05, 3.63) is 22.4 Å². The predicted molar refractivity (Wildman–Crippen MR) is 77.6 cm³/mol. The fourth-order valence-corrected chi connectivity index (χ4v) is 2.98. The van der Waals surface area contributed by atoms with Gasteiger partial charge in [0.05, 0.1) is 12.5 Å². The Morgan fingerprint density at radius 3 is 3.15 bits per heavy atom. The highest BCUT2D eigenvalue weighted by molar-refractivity contribution is 7.09. The lowest BCUT2D eigenvalue weighted by atomic mass is 10.1. The van der Waals surface area contributed by atoms with Crippen LogP contribution in [0.3, 0.4) is 0 Å². The van der Waals surface area contributed by atoms with Gasteiger partial charge in [0, 0.05) is 38.0 Å². The van der Waals surface area contributed by atoms with Gasteiger partial charge < -0.3 is 15.0 Å². The lowest BCUT2D eigenvalue weighted by molar-refractivity contribution is -0.129. The van der Waals surface area contributed by atoms with Crippen molar-refractivity contribution >= 4 is 23.2 Å². The van der Waals surface area contributed by atoms with Crippen molar-refractivity contribution < 1.29 is 14.3 Å². The number of likely N-dealkylation sites (tertiary alicyclic amines) is 1. The quantitative estimate of drug-likeness (QED) is 0.813. The first-order valence-corrected chi connectivity index (χ1v) is 7.65. The van der Waals surface area contributed by atoms with E-state index in [4.69, 9.17) is 4.74 Å². The molecule has 0 radical (unpaired) electrons. The molecule has 0 bridgehead atoms. The number of amides is 2. The van der Waals surface area contributed by atoms with E-state index in [0.717, 1.165) is 6.42 Å². The molecule has 0 aromatic carbocycles. The van der Waals surface area contributed by atoms with Crippen LogP contribution in [0.5, 0.6) is 0 Å². The zero-order valence-electron chi connectivity index (χ0n) is 11.6. The van der Waals surface area contributed by atoms with Crippen LogP contribution in [-0.2, 0) is 20.7 Å². The van der Waals surface area contributed by atoms with Crippen molar-refractivity contribution in [3.63, 3.8) is 0 Å². The van der Waals surface area contributed by atoms with E-state index in [1.807, 2.05) is 11.4 Å². The minimum Gasteiger partial charge on any atom is -0.383 e. The molecule has 1 aliphatic rings. The summed E-state index contributed by atoms with van der Waals surface area (Å²) in [6.07, 6.45) is 1.16. The maximum Gasteiger partial charge on any atom is 0.225 e. The van der Waals surface area contributed by atoms with E-state index in [2.05, 4.69) is 11.4 Å². The Labute approximate surface area is 122 Å². The number of nitrogens with one attached hydrogen (secondary N) is 1. The largest absolute Gasteiger partial charge is 0.383 e. The van der Waals surface area contributed by atoms with Crippen LogP contribution in [0.2, 0.25) is 0 Å². The normalized spacial score (nSPS) is 18.6. The number of ether oxygens (including phenoxy) is 1. The summed E-state index contributed by atoms with van der Waals surface area (Å²) in [4.78, 5) is 26.7. The van der Waals surface area contributed by atoms with E-state index in [9.17, 15) is 9.59 Å². The number of hydrogen-bond donors (Lipinski definition) is 1. The number of rotatable bonds is 7. The van der Waals surface area contributed by atoms with Gasteiger partial charge in [0.25, 0.3) is 0 Å². The molecule has 1 atom stereocenters. The van der Waals surface area contributed by atoms with Crippen molar-refractivity contribution in [3.8, 4) is 0 Å². The monoisotopic (exact) mass is 296 g/mol. The summed E-state index contributed by atoms with van der Waals surface area (Å²) in [5.74, 6) is -0.196. The molecule has 6 heteroatoms. The van der Waals surface area contributed by atoms with E-state index in [1.165, 1.54) is 4.88 Å². The third kappa shape index (κ3) is 4.05. The molecule has 2 rings (SSSR count). The first-order chi connectivity index (χ1) is 9.70. The molecule has 2 amide bonds. The molecule has 1 aromatic heterocycles. The van der Waals surface area contributed by atoms with Gasteiger partial charge >= 0.3 is 0 Å². The van der Waals surface area contributed by atoms with Crippen LogP contribution >= 0.6 is 11.3 Å². The predicted octanol–water partition coefficient (Wildman–Crippen LogP) is 0.902. The molecule has 2 heterocycles.